The SMILES string of the molecule is COC(=O)N[C@H](C(=O)N1CCC[C@H]1C1=NC2(C)CC(c3ccc(-c4ccc(-c5cnc([C@@H]6CCCN6C(=O)[C@@H](NC(=O)OC)C(C)C)[nH]5)cc4)c4c3CC3CCC43)=CC=C2N1)C(C)C. The van der Waals surface area contributed by atoms with Gasteiger partial charge < -0.3 is 40.2 Å². The molecule has 3 aromatic rings. The molecule has 3 fully saturated rings. The Morgan fingerprint density at radius 2 is 1.39 bits per heavy atom. The molecule has 0 bridgehead atoms. The predicted molar refractivity (Wildman–Crippen MR) is 245 cm³/mol. The average Bonchev–Trinajstić information content (AvgIpc) is 4.13. The molecule has 64 heavy (non-hydrogen) atoms. The Morgan fingerprint density at radius 3 is 2.00 bits per heavy atom. The van der Waals surface area contributed by atoms with Crippen molar-refractivity contribution in [1.82, 2.24) is 35.7 Å². The van der Waals surface area contributed by atoms with E-state index in [-0.39, 0.29) is 35.7 Å². The van der Waals surface area contributed by atoms with Crippen LogP contribution < -0.4 is 16.0 Å². The number of aliphatic imine (C=N–C) groups is 1. The molecule has 1 aromatic heterocycles. The van der Waals surface area contributed by atoms with Gasteiger partial charge >= 0.3 is 12.2 Å². The number of benzene rings is 2. The van der Waals surface area contributed by atoms with Crippen LogP contribution in [0.15, 0.2) is 65.4 Å². The number of fused-ring (bicyclic) bond motifs is 4. The lowest BCUT2D eigenvalue weighted by Crippen LogP contribution is -2.54. The minimum atomic E-state index is -0.684. The molecule has 6 aliphatic rings. The molecule has 2 saturated heterocycles. The fourth-order valence-corrected chi connectivity index (χ4v) is 11.1. The van der Waals surface area contributed by atoms with Crippen LogP contribution in [0.2, 0.25) is 0 Å². The molecule has 14 heteroatoms. The van der Waals surface area contributed by atoms with E-state index in [0.29, 0.717) is 24.9 Å². The van der Waals surface area contributed by atoms with Gasteiger partial charge in [0.1, 0.15) is 29.3 Å². The largest absolute Gasteiger partial charge is 0.453 e. The quantitative estimate of drug-likeness (QED) is 0.152. The number of aromatic nitrogens is 2. The van der Waals surface area contributed by atoms with Gasteiger partial charge in [-0.15, -0.1) is 0 Å². The summed E-state index contributed by atoms with van der Waals surface area (Å²) in [7, 11) is 2.62. The molecule has 4 N–H and O–H groups in total. The number of methoxy groups -OCH3 is 2. The monoisotopic (exact) mass is 870 g/mol. The van der Waals surface area contributed by atoms with Crippen LogP contribution in [0, 0.1) is 17.8 Å². The van der Waals surface area contributed by atoms with E-state index in [1.807, 2.05) is 43.7 Å². The number of aromatic amines is 1. The van der Waals surface area contributed by atoms with E-state index in [1.165, 1.54) is 60.5 Å². The van der Waals surface area contributed by atoms with Crippen LogP contribution in [0.4, 0.5) is 9.59 Å². The van der Waals surface area contributed by atoms with Gasteiger partial charge in [0.25, 0.3) is 0 Å². The van der Waals surface area contributed by atoms with Gasteiger partial charge in [0, 0.05) is 25.2 Å². The summed E-state index contributed by atoms with van der Waals surface area (Å²) in [4.78, 5) is 69.1. The van der Waals surface area contributed by atoms with E-state index in [2.05, 4.69) is 76.4 Å². The molecule has 0 spiro atoms. The van der Waals surface area contributed by atoms with Gasteiger partial charge in [0.15, 0.2) is 0 Å². The number of hydrogen-bond acceptors (Lipinski definition) is 9. The molecule has 2 aromatic carbocycles. The average molecular weight is 871 g/mol. The minimum Gasteiger partial charge on any atom is -0.453 e. The minimum absolute atomic E-state index is 0.0994. The van der Waals surface area contributed by atoms with Gasteiger partial charge in [-0.1, -0.05) is 70.2 Å². The molecular weight excluding hydrogens is 809 g/mol. The zero-order valence-corrected chi connectivity index (χ0v) is 38.1. The number of rotatable bonds is 11. The second-order valence-electron chi connectivity index (χ2n) is 19.4. The van der Waals surface area contributed by atoms with Crippen molar-refractivity contribution >= 4 is 35.4 Å². The highest BCUT2D eigenvalue weighted by molar-refractivity contribution is 5.98. The Labute approximate surface area is 375 Å². The molecule has 1 saturated carbocycles. The van der Waals surface area contributed by atoms with Crippen LogP contribution >= 0.6 is 0 Å². The number of likely N-dealkylation sites (tertiary alicyclic amines) is 2. The highest BCUT2D eigenvalue weighted by Crippen LogP contribution is 2.56. The summed E-state index contributed by atoms with van der Waals surface area (Å²) >= 11 is 0. The lowest BCUT2D eigenvalue weighted by molar-refractivity contribution is -0.135. The van der Waals surface area contributed by atoms with Gasteiger partial charge in [-0.2, -0.15) is 0 Å². The van der Waals surface area contributed by atoms with Crippen LogP contribution in [-0.2, 0) is 25.5 Å². The molecule has 3 aliphatic heterocycles. The molecule has 0 radical (unpaired) electrons. The maximum atomic E-state index is 13.9. The van der Waals surface area contributed by atoms with Crippen molar-refractivity contribution in [2.24, 2.45) is 22.7 Å². The Hall–Kier alpha value is -5.92. The number of alkyl carbamates (subject to hydrolysis) is 2. The van der Waals surface area contributed by atoms with Crippen LogP contribution in [0.3, 0.4) is 0 Å². The number of carbonyl (C=O) groups excluding carboxylic acids is 4. The summed E-state index contributed by atoms with van der Waals surface area (Å²) in [6, 6.07) is 11.6. The normalized spacial score (nSPS) is 25.3. The molecule has 338 valence electrons. The predicted octanol–water partition coefficient (Wildman–Crippen LogP) is 7.64. The summed E-state index contributed by atoms with van der Waals surface area (Å²) < 4.78 is 9.63. The second kappa shape index (κ2) is 17.2. The summed E-state index contributed by atoms with van der Waals surface area (Å²) in [5.74, 6) is 2.37. The summed E-state index contributed by atoms with van der Waals surface area (Å²) in [6.45, 7) is 11.1. The number of imidazole rings is 1. The number of H-pyrrole nitrogens is 1. The Morgan fingerprint density at radius 1 is 0.781 bits per heavy atom. The van der Waals surface area contributed by atoms with Crippen LogP contribution in [0.5, 0.6) is 0 Å². The van der Waals surface area contributed by atoms with Gasteiger partial charge in [0.2, 0.25) is 11.8 Å². The van der Waals surface area contributed by atoms with Crippen molar-refractivity contribution in [2.45, 2.75) is 122 Å². The summed E-state index contributed by atoms with van der Waals surface area (Å²) in [5.41, 5.74) is 10.6. The number of amidine groups is 1. The molecule has 7 atom stereocenters. The van der Waals surface area contributed by atoms with Crippen molar-refractivity contribution in [1.29, 1.82) is 0 Å². The number of nitrogens with zero attached hydrogens (tertiary/aromatic N) is 4. The molecule has 4 amide bonds. The smallest absolute Gasteiger partial charge is 0.407 e. The van der Waals surface area contributed by atoms with E-state index in [0.717, 1.165) is 67.1 Å². The van der Waals surface area contributed by atoms with E-state index >= 15 is 0 Å². The van der Waals surface area contributed by atoms with Gasteiger partial charge in [-0.25, -0.2) is 14.6 Å². The molecule has 3 unspecified atom stereocenters. The first kappa shape index (κ1) is 43.3. The number of amides is 4. The second-order valence-corrected chi connectivity index (χ2v) is 19.4. The summed E-state index contributed by atoms with van der Waals surface area (Å²) in [6.07, 6.45) is 12.7. The highest BCUT2D eigenvalue weighted by Gasteiger charge is 2.46. The standard InChI is InChI=1S/C50H62N8O6/c1-27(2)42(54-48(61)63-6)46(59)57-22-8-10-38(57)44-51-26-37(52-44)30-14-12-29(13-15-30)34-20-19-33(36-24-31-16-18-35(31)41(34)36)32-17-21-40-50(5,25-32)56-45(53-40)39-11-9-23-58(39)47(60)43(28(3)4)55-49(62)64-7/h12-15,17,19-21,26-28,31,35,38-39,42-43H,8-11,16,18,22-25H2,1-7H3,(H,51,52)(H,53,56)(H,54,61)(H,55,62)/t31?,35?,38-,39-,42-,43-,50?/m0/s1. The Bertz CT molecular complexity index is 2430. The molecule has 14 nitrogen and oxygen atoms in total. The van der Waals surface area contributed by atoms with Gasteiger partial charge in [-0.3, -0.25) is 14.6 Å². The van der Waals surface area contributed by atoms with E-state index in [9.17, 15) is 19.2 Å². The number of nitrogens with one attached hydrogen (secondary N) is 4. The summed E-state index contributed by atoms with van der Waals surface area (Å²) in [5, 5.41) is 9.12. The topological polar surface area (TPSA) is 170 Å². The van der Waals surface area contributed by atoms with Crippen LogP contribution in [0.25, 0.3) is 28.0 Å². The molecular formula is C50H62N8O6. The number of carbonyl (C=O) groups is 4. The first-order valence-electron chi connectivity index (χ1n) is 23.2. The number of hydrogen-bond donors (Lipinski definition) is 4. The first-order valence-corrected chi connectivity index (χ1v) is 23.2. The van der Waals surface area contributed by atoms with Crippen LogP contribution in [0.1, 0.15) is 114 Å². The highest BCUT2D eigenvalue weighted by atomic mass is 16.5. The van der Waals surface area contributed by atoms with Crippen LogP contribution in [-0.4, -0.2) is 101 Å². The maximum absolute atomic E-state index is 13.9. The molecule has 9 rings (SSSR count). The fourth-order valence-electron chi connectivity index (χ4n) is 11.1. The Kier molecular flexibility index (Phi) is 11.7. The zero-order chi connectivity index (χ0) is 45.0. The van der Waals surface area contributed by atoms with Crippen molar-refractivity contribution in [2.75, 3.05) is 27.3 Å². The van der Waals surface area contributed by atoms with Crippen molar-refractivity contribution in [3.05, 3.63) is 83.0 Å². The fraction of sp³-hybridized carbons (Fsp3) is 0.520. The third-order valence-corrected chi connectivity index (χ3v) is 14.7. The van der Waals surface area contributed by atoms with Crippen molar-refractivity contribution in [3.63, 3.8) is 0 Å². The van der Waals surface area contributed by atoms with E-state index in [1.54, 1.807) is 0 Å². The van der Waals surface area contributed by atoms with E-state index in [4.69, 9.17) is 19.5 Å². The maximum Gasteiger partial charge on any atom is 0.407 e. The Balaban J connectivity index is 0.924. The van der Waals surface area contributed by atoms with Crippen molar-refractivity contribution < 1.29 is 28.7 Å². The first-order chi connectivity index (χ1) is 30.8. The lowest BCUT2D eigenvalue weighted by atomic mass is 9.73. The van der Waals surface area contributed by atoms with Crippen molar-refractivity contribution in [3.8, 4) is 22.4 Å². The molecule has 3 aliphatic carbocycles. The lowest BCUT2D eigenvalue weighted by Gasteiger charge is -2.32. The number of ether oxygens (including phenoxy) is 2. The van der Waals surface area contributed by atoms with Gasteiger partial charge in [-0.05, 0) is 121 Å². The number of allylic oxidation sites excluding steroid dienone is 2. The van der Waals surface area contributed by atoms with Gasteiger partial charge in [0.05, 0.1) is 38.2 Å². The third kappa shape index (κ3) is 7.76. The zero-order valence-electron chi connectivity index (χ0n) is 38.1. The third-order valence-electron chi connectivity index (χ3n) is 14.7. The van der Waals surface area contributed by atoms with E-state index < -0.39 is 29.8 Å². The molecule has 4 heterocycles.